The maximum Gasteiger partial charge on any atom is 0.211 e. The fourth-order valence-electron chi connectivity index (χ4n) is 2.24. The third-order valence-electron chi connectivity index (χ3n) is 3.23. The predicted octanol–water partition coefficient (Wildman–Crippen LogP) is 2.91. The van der Waals surface area contributed by atoms with E-state index in [1.54, 1.807) is 36.4 Å². The van der Waals surface area contributed by atoms with Crippen molar-refractivity contribution in [2.45, 2.75) is 0 Å². The summed E-state index contributed by atoms with van der Waals surface area (Å²) in [6, 6.07) is 9.78. The predicted molar refractivity (Wildman–Crippen MR) is 82.0 cm³/mol. The van der Waals surface area contributed by atoms with Gasteiger partial charge in [0.15, 0.2) is 17.3 Å². The number of carbonyl (C=O) groups is 2. The van der Waals surface area contributed by atoms with E-state index < -0.39 is 0 Å². The lowest BCUT2D eigenvalue weighted by atomic mass is 10.0. The Balaban J connectivity index is 2.07. The zero-order chi connectivity index (χ0) is 15.5. The normalized spacial score (nSPS) is 12.6. The zero-order valence-corrected chi connectivity index (χ0v) is 12.2. The van der Waals surface area contributed by atoms with Crippen LogP contribution in [0.3, 0.4) is 0 Å². The van der Waals surface area contributed by atoms with Crippen molar-refractivity contribution in [3.8, 4) is 11.5 Å². The van der Waals surface area contributed by atoms with Crippen LogP contribution in [0, 0.1) is 0 Å². The van der Waals surface area contributed by atoms with E-state index in [1.807, 2.05) is 0 Å². The third-order valence-corrected chi connectivity index (χ3v) is 3.46. The highest BCUT2D eigenvalue weighted by Gasteiger charge is 2.20. The summed E-state index contributed by atoms with van der Waals surface area (Å²) in [4.78, 5) is 23.5. The molecule has 1 amide bonds. The van der Waals surface area contributed by atoms with Gasteiger partial charge in [-0.3, -0.25) is 9.59 Å². The minimum absolute atomic E-state index is 0.260. The minimum atomic E-state index is -0.260. The Morgan fingerprint density at radius 1 is 1.14 bits per heavy atom. The van der Waals surface area contributed by atoms with Crippen molar-refractivity contribution < 1.29 is 19.1 Å². The maximum atomic E-state index is 12.7. The third kappa shape index (κ3) is 2.76. The van der Waals surface area contributed by atoms with Gasteiger partial charge in [0, 0.05) is 16.7 Å². The van der Waals surface area contributed by atoms with Crippen LogP contribution >= 0.6 is 11.6 Å². The molecule has 0 bridgehead atoms. The van der Waals surface area contributed by atoms with Crippen LogP contribution < -0.4 is 14.8 Å². The molecule has 3 rings (SSSR count). The molecular weight excluding hydrogens is 306 g/mol. The van der Waals surface area contributed by atoms with Gasteiger partial charge in [0.1, 0.15) is 13.2 Å². The maximum absolute atomic E-state index is 12.7. The van der Waals surface area contributed by atoms with Gasteiger partial charge in [0.25, 0.3) is 0 Å². The van der Waals surface area contributed by atoms with Gasteiger partial charge in [-0.25, -0.2) is 0 Å². The fourth-order valence-corrected chi connectivity index (χ4v) is 2.44. The molecule has 0 spiro atoms. The van der Waals surface area contributed by atoms with Gasteiger partial charge in [0.2, 0.25) is 6.41 Å². The Labute approximate surface area is 131 Å². The number of anilines is 1. The van der Waals surface area contributed by atoms with Crippen LogP contribution in [0.4, 0.5) is 5.69 Å². The number of ketones is 1. The Bertz CT molecular complexity index is 745. The van der Waals surface area contributed by atoms with Crippen molar-refractivity contribution in [1.82, 2.24) is 0 Å². The highest BCUT2D eigenvalue weighted by molar-refractivity contribution is 6.31. The van der Waals surface area contributed by atoms with Gasteiger partial charge < -0.3 is 14.8 Å². The van der Waals surface area contributed by atoms with Crippen LogP contribution in [-0.4, -0.2) is 25.4 Å². The largest absolute Gasteiger partial charge is 0.486 e. The molecule has 0 saturated carbocycles. The molecule has 2 aromatic carbocycles. The molecular formula is C16H12ClNO4. The Kier molecular flexibility index (Phi) is 3.98. The summed E-state index contributed by atoms with van der Waals surface area (Å²) < 4.78 is 10.9. The summed E-state index contributed by atoms with van der Waals surface area (Å²) in [6.45, 7) is 0.841. The second kappa shape index (κ2) is 6.07. The van der Waals surface area contributed by atoms with Gasteiger partial charge in [0.05, 0.1) is 11.3 Å². The molecule has 22 heavy (non-hydrogen) atoms. The molecule has 1 heterocycles. The number of carbonyl (C=O) groups excluding carboxylic acids is 2. The molecule has 0 fully saturated rings. The molecule has 0 aromatic heterocycles. The first kappa shape index (κ1) is 14.4. The van der Waals surface area contributed by atoms with Crippen LogP contribution in [-0.2, 0) is 4.79 Å². The smallest absolute Gasteiger partial charge is 0.211 e. The van der Waals surface area contributed by atoms with Crippen molar-refractivity contribution in [2.24, 2.45) is 0 Å². The molecule has 1 N–H and O–H groups in total. The zero-order valence-electron chi connectivity index (χ0n) is 11.5. The summed E-state index contributed by atoms with van der Waals surface area (Å²) in [5.41, 5.74) is 1.11. The summed E-state index contributed by atoms with van der Waals surface area (Å²) in [5.74, 6) is 0.718. The molecule has 0 aliphatic carbocycles. The number of nitrogens with one attached hydrogen (secondary N) is 1. The first-order chi connectivity index (χ1) is 10.7. The average molecular weight is 318 g/mol. The van der Waals surface area contributed by atoms with Crippen LogP contribution in [0.25, 0.3) is 0 Å². The van der Waals surface area contributed by atoms with E-state index in [1.165, 1.54) is 0 Å². The number of benzene rings is 2. The van der Waals surface area contributed by atoms with Gasteiger partial charge in [-0.2, -0.15) is 0 Å². The lowest BCUT2D eigenvalue weighted by Gasteiger charge is -2.20. The van der Waals surface area contributed by atoms with Gasteiger partial charge >= 0.3 is 0 Å². The van der Waals surface area contributed by atoms with Crippen molar-refractivity contribution in [3.05, 3.63) is 52.5 Å². The fraction of sp³-hybridized carbons (Fsp3) is 0.125. The van der Waals surface area contributed by atoms with Crippen LogP contribution in [0.2, 0.25) is 5.02 Å². The Morgan fingerprint density at radius 3 is 2.55 bits per heavy atom. The molecule has 0 saturated heterocycles. The average Bonchev–Trinajstić information content (AvgIpc) is 2.54. The van der Waals surface area contributed by atoms with Gasteiger partial charge in [-0.1, -0.05) is 23.7 Å². The number of fused-ring (bicyclic) bond motifs is 1. The van der Waals surface area contributed by atoms with E-state index in [9.17, 15) is 9.59 Å². The van der Waals surface area contributed by atoms with Crippen molar-refractivity contribution in [2.75, 3.05) is 18.5 Å². The highest BCUT2D eigenvalue weighted by atomic mass is 35.5. The number of amides is 1. The second-order valence-electron chi connectivity index (χ2n) is 4.64. The van der Waals surface area contributed by atoms with Crippen molar-refractivity contribution >= 4 is 29.5 Å². The standard InChI is InChI=1S/C16H12ClNO4/c17-11-3-1-2-10(6-11)16(20)12-7-14-15(22-5-4-21-14)8-13(12)18-9-19/h1-3,6-9H,4-5H2,(H,18,19). The quantitative estimate of drug-likeness (QED) is 0.695. The molecule has 0 atom stereocenters. The molecule has 0 radical (unpaired) electrons. The van der Waals surface area contributed by atoms with E-state index in [0.717, 1.165) is 0 Å². The number of hydrogen-bond acceptors (Lipinski definition) is 4. The van der Waals surface area contributed by atoms with E-state index >= 15 is 0 Å². The number of rotatable bonds is 4. The van der Waals surface area contributed by atoms with E-state index in [4.69, 9.17) is 21.1 Å². The lowest BCUT2D eigenvalue weighted by molar-refractivity contribution is -0.105. The van der Waals surface area contributed by atoms with Crippen molar-refractivity contribution in [1.29, 1.82) is 0 Å². The number of hydrogen-bond donors (Lipinski definition) is 1. The Morgan fingerprint density at radius 2 is 1.86 bits per heavy atom. The summed E-state index contributed by atoms with van der Waals surface area (Å²) in [5, 5.41) is 2.99. The summed E-state index contributed by atoms with van der Waals surface area (Å²) in [6.07, 6.45) is 0.514. The lowest BCUT2D eigenvalue weighted by Crippen LogP contribution is -2.17. The first-order valence-corrected chi connectivity index (χ1v) is 7.01. The molecule has 0 unspecified atom stereocenters. The molecule has 1 aliphatic rings. The minimum Gasteiger partial charge on any atom is -0.486 e. The SMILES string of the molecule is O=CNc1cc2c(cc1C(=O)c1cccc(Cl)c1)OCCO2. The topological polar surface area (TPSA) is 64.6 Å². The Hall–Kier alpha value is -2.53. The molecule has 5 nitrogen and oxygen atoms in total. The number of ether oxygens (including phenoxy) is 2. The molecule has 6 heteroatoms. The van der Waals surface area contributed by atoms with Crippen LogP contribution in [0.15, 0.2) is 36.4 Å². The van der Waals surface area contributed by atoms with E-state index in [2.05, 4.69) is 5.32 Å². The summed E-state index contributed by atoms with van der Waals surface area (Å²) in [7, 11) is 0. The first-order valence-electron chi connectivity index (χ1n) is 6.63. The molecule has 2 aromatic rings. The molecule has 112 valence electrons. The van der Waals surface area contributed by atoms with Crippen molar-refractivity contribution in [3.63, 3.8) is 0 Å². The second-order valence-corrected chi connectivity index (χ2v) is 5.08. The highest BCUT2D eigenvalue weighted by Crippen LogP contribution is 2.36. The van der Waals surface area contributed by atoms with Gasteiger partial charge in [-0.15, -0.1) is 0 Å². The van der Waals surface area contributed by atoms with E-state index in [-0.39, 0.29) is 5.78 Å². The molecule has 1 aliphatic heterocycles. The van der Waals surface area contributed by atoms with Crippen LogP contribution in [0.5, 0.6) is 11.5 Å². The number of halogens is 1. The van der Waals surface area contributed by atoms with Crippen LogP contribution in [0.1, 0.15) is 15.9 Å². The monoisotopic (exact) mass is 317 g/mol. The van der Waals surface area contributed by atoms with E-state index in [0.29, 0.717) is 53.0 Å². The summed E-state index contributed by atoms with van der Waals surface area (Å²) >= 11 is 5.92. The van der Waals surface area contributed by atoms with Gasteiger partial charge in [-0.05, 0) is 18.2 Å².